The minimum atomic E-state index is -1.06. The average molecular weight is 352 g/mol. The van der Waals surface area contributed by atoms with Crippen LogP contribution >= 0.6 is 11.3 Å². The summed E-state index contributed by atoms with van der Waals surface area (Å²) in [6, 6.07) is 13.6. The standard InChI is InChI=1S/C18H12N2O4S/c21-17-8-13-11(18(22)23)5-3-6-14(13)20(17)24-15-7-2-1-4-12(15)16-9-19-10-25-16/h1-10,21H,(H,22,23). The Labute approximate surface area is 146 Å². The summed E-state index contributed by atoms with van der Waals surface area (Å²) < 4.78 is 1.22. The van der Waals surface area contributed by atoms with Crippen molar-refractivity contribution in [3.05, 3.63) is 65.8 Å². The summed E-state index contributed by atoms with van der Waals surface area (Å²) in [6.07, 6.45) is 1.74. The molecule has 4 aromatic rings. The first-order valence-electron chi connectivity index (χ1n) is 7.38. The second-order valence-corrected chi connectivity index (χ2v) is 6.18. The van der Waals surface area contributed by atoms with E-state index in [0.29, 0.717) is 16.7 Å². The second-order valence-electron chi connectivity index (χ2n) is 5.29. The fraction of sp³-hybridized carbons (Fsp3) is 0. The number of aromatic hydroxyl groups is 1. The number of fused-ring (bicyclic) bond motifs is 1. The Morgan fingerprint density at radius 1 is 1.16 bits per heavy atom. The first-order valence-corrected chi connectivity index (χ1v) is 8.26. The van der Waals surface area contributed by atoms with Gasteiger partial charge >= 0.3 is 5.97 Å². The monoisotopic (exact) mass is 352 g/mol. The van der Waals surface area contributed by atoms with Crippen molar-refractivity contribution in [2.24, 2.45) is 0 Å². The van der Waals surface area contributed by atoms with E-state index in [-0.39, 0.29) is 11.4 Å². The van der Waals surface area contributed by atoms with Crippen molar-refractivity contribution in [3.63, 3.8) is 0 Å². The number of carboxylic acid groups (broad SMARTS) is 1. The number of aromatic nitrogens is 2. The zero-order chi connectivity index (χ0) is 17.4. The van der Waals surface area contributed by atoms with Crippen molar-refractivity contribution in [2.75, 3.05) is 0 Å². The van der Waals surface area contributed by atoms with E-state index in [0.717, 1.165) is 10.4 Å². The highest BCUT2D eigenvalue weighted by Crippen LogP contribution is 2.35. The zero-order valence-electron chi connectivity index (χ0n) is 12.8. The van der Waals surface area contributed by atoms with Crippen LogP contribution in [0.4, 0.5) is 0 Å². The zero-order valence-corrected chi connectivity index (χ0v) is 13.6. The molecule has 0 aliphatic rings. The van der Waals surface area contributed by atoms with E-state index < -0.39 is 5.97 Å². The molecule has 0 radical (unpaired) electrons. The van der Waals surface area contributed by atoms with Gasteiger partial charge in [-0.2, -0.15) is 0 Å². The maximum Gasteiger partial charge on any atom is 0.336 e. The molecule has 124 valence electrons. The molecule has 0 aliphatic carbocycles. The number of para-hydroxylation sites is 1. The van der Waals surface area contributed by atoms with Gasteiger partial charge in [0, 0.05) is 23.2 Å². The van der Waals surface area contributed by atoms with Crippen LogP contribution in [0.1, 0.15) is 10.4 Å². The van der Waals surface area contributed by atoms with Gasteiger partial charge in [0.05, 0.1) is 21.5 Å². The van der Waals surface area contributed by atoms with E-state index in [1.165, 1.54) is 28.2 Å². The van der Waals surface area contributed by atoms with Gasteiger partial charge in [-0.1, -0.05) is 18.2 Å². The Balaban J connectivity index is 1.84. The van der Waals surface area contributed by atoms with Gasteiger partial charge in [0.15, 0.2) is 5.75 Å². The van der Waals surface area contributed by atoms with Gasteiger partial charge in [-0.15, -0.1) is 16.1 Å². The average Bonchev–Trinajstić information content (AvgIpc) is 3.24. The lowest BCUT2D eigenvalue weighted by Crippen LogP contribution is -2.05. The van der Waals surface area contributed by atoms with E-state index >= 15 is 0 Å². The van der Waals surface area contributed by atoms with Gasteiger partial charge in [0.25, 0.3) is 0 Å². The first-order chi connectivity index (χ1) is 12.1. The van der Waals surface area contributed by atoms with Gasteiger partial charge in [-0.25, -0.2) is 4.79 Å². The number of hydrogen-bond donors (Lipinski definition) is 2. The van der Waals surface area contributed by atoms with Crippen molar-refractivity contribution in [2.45, 2.75) is 0 Å². The summed E-state index contributed by atoms with van der Waals surface area (Å²) in [6.45, 7) is 0. The molecule has 0 atom stereocenters. The van der Waals surface area contributed by atoms with Gasteiger partial charge in [0.2, 0.25) is 5.88 Å². The van der Waals surface area contributed by atoms with E-state index in [1.54, 1.807) is 29.9 Å². The second kappa shape index (κ2) is 5.95. The molecule has 0 fully saturated rings. The smallest absolute Gasteiger partial charge is 0.336 e. The van der Waals surface area contributed by atoms with Crippen molar-refractivity contribution in [1.82, 2.24) is 9.71 Å². The summed E-state index contributed by atoms with van der Waals surface area (Å²) in [7, 11) is 0. The Hall–Kier alpha value is -3.32. The van der Waals surface area contributed by atoms with Gasteiger partial charge in [-0.3, -0.25) is 4.98 Å². The molecule has 6 nitrogen and oxygen atoms in total. The number of nitrogens with zero attached hydrogens (tertiary/aromatic N) is 2. The van der Waals surface area contributed by atoms with Gasteiger partial charge in [-0.05, 0) is 24.3 Å². The quantitative estimate of drug-likeness (QED) is 0.580. The molecule has 2 aromatic heterocycles. The van der Waals surface area contributed by atoms with Crippen LogP contribution in [0.25, 0.3) is 21.3 Å². The minimum absolute atomic E-state index is 0.103. The predicted octanol–water partition coefficient (Wildman–Crippen LogP) is 4.01. The van der Waals surface area contributed by atoms with Gasteiger partial charge < -0.3 is 15.1 Å². The minimum Gasteiger partial charge on any atom is -0.492 e. The fourth-order valence-electron chi connectivity index (χ4n) is 2.67. The topological polar surface area (TPSA) is 84.6 Å². The maximum atomic E-state index is 11.4. The van der Waals surface area contributed by atoms with Gasteiger partial charge in [0.1, 0.15) is 0 Å². The van der Waals surface area contributed by atoms with Crippen LogP contribution in [-0.4, -0.2) is 25.9 Å². The molecule has 0 unspecified atom stereocenters. The lowest BCUT2D eigenvalue weighted by molar-refractivity contribution is 0.0699. The molecule has 25 heavy (non-hydrogen) atoms. The molecule has 0 bridgehead atoms. The summed E-state index contributed by atoms with van der Waals surface area (Å²) in [5.74, 6) is -0.712. The molecule has 0 saturated carbocycles. The first kappa shape index (κ1) is 15.2. The SMILES string of the molecule is O=C(O)c1cccc2c1cc(O)n2Oc1ccccc1-c1cncs1. The number of carboxylic acids is 1. The summed E-state index contributed by atoms with van der Waals surface area (Å²) >= 11 is 1.48. The number of carbonyl (C=O) groups is 1. The van der Waals surface area contributed by atoms with Crippen molar-refractivity contribution in [3.8, 4) is 22.1 Å². The third-order valence-electron chi connectivity index (χ3n) is 3.79. The van der Waals surface area contributed by atoms with E-state index in [4.69, 9.17) is 4.84 Å². The molecular weight excluding hydrogens is 340 g/mol. The van der Waals surface area contributed by atoms with Crippen LogP contribution in [0.3, 0.4) is 0 Å². The van der Waals surface area contributed by atoms with Crippen molar-refractivity contribution in [1.29, 1.82) is 0 Å². The van der Waals surface area contributed by atoms with Crippen LogP contribution in [0.5, 0.6) is 11.6 Å². The van der Waals surface area contributed by atoms with Crippen LogP contribution < -0.4 is 4.84 Å². The Morgan fingerprint density at radius 2 is 2.00 bits per heavy atom. The summed E-state index contributed by atoms with van der Waals surface area (Å²) in [4.78, 5) is 22.3. The molecule has 0 spiro atoms. The predicted molar refractivity (Wildman–Crippen MR) is 94.1 cm³/mol. The molecule has 0 amide bonds. The van der Waals surface area contributed by atoms with Crippen LogP contribution in [-0.2, 0) is 0 Å². The van der Waals surface area contributed by atoms with E-state index in [1.807, 2.05) is 18.2 Å². The molecule has 7 heteroatoms. The number of rotatable bonds is 4. The summed E-state index contributed by atoms with van der Waals surface area (Å²) in [5.41, 5.74) is 3.14. The molecule has 0 saturated heterocycles. The van der Waals surface area contributed by atoms with Crippen molar-refractivity contribution < 1.29 is 19.8 Å². The largest absolute Gasteiger partial charge is 0.492 e. The van der Waals surface area contributed by atoms with E-state index in [9.17, 15) is 15.0 Å². The van der Waals surface area contributed by atoms with Crippen molar-refractivity contribution >= 4 is 28.2 Å². The molecule has 0 aliphatic heterocycles. The Morgan fingerprint density at radius 3 is 2.76 bits per heavy atom. The molecular formula is C18H12N2O4S. The lowest BCUT2D eigenvalue weighted by Gasteiger charge is -2.12. The molecule has 2 heterocycles. The van der Waals surface area contributed by atoms with Crippen LogP contribution in [0.2, 0.25) is 0 Å². The normalized spacial score (nSPS) is 10.9. The van der Waals surface area contributed by atoms with Crippen LogP contribution in [0, 0.1) is 0 Å². The summed E-state index contributed by atoms with van der Waals surface area (Å²) in [5, 5.41) is 20.0. The highest BCUT2D eigenvalue weighted by molar-refractivity contribution is 7.13. The Bertz CT molecular complexity index is 1070. The number of aromatic carboxylic acids is 1. The number of benzene rings is 2. The molecule has 4 rings (SSSR count). The molecule has 2 aromatic carbocycles. The highest BCUT2D eigenvalue weighted by atomic mass is 32.1. The van der Waals surface area contributed by atoms with E-state index in [2.05, 4.69) is 4.98 Å². The number of hydrogen-bond acceptors (Lipinski definition) is 5. The maximum absolute atomic E-state index is 11.4. The highest BCUT2D eigenvalue weighted by Gasteiger charge is 2.17. The molecule has 2 N–H and O–H groups in total. The Kier molecular flexibility index (Phi) is 3.62. The third-order valence-corrected chi connectivity index (χ3v) is 4.59. The fourth-order valence-corrected chi connectivity index (χ4v) is 3.32. The van der Waals surface area contributed by atoms with Crippen LogP contribution in [0.15, 0.2) is 60.2 Å². The number of thiazole rings is 1. The lowest BCUT2D eigenvalue weighted by atomic mass is 10.1. The third kappa shape index (κ3) is 2.60.